The minimum Gasteiger partial charge on any atom is -0.352 e. The second-order valence-electron chi connectivity index (χ2n) is 8.24. The van der Waals surface area contributed by atoms with Crippen LogP contribution in [0.2, 0.25) is 0 Å². The Kier molecular flexibility index (Phi) is 3.10. The highest BCUT2D eigenvalue weighted by Gasteiger charge is 2.49. The molecule has 3 nitrogen and oxygen atoms in total. The monoisotopic (exact) mass is 276 g/mol. The normalized spacial score (nSPS) is 45.4. The number of carbonyl (C=O) groups excluding carboxylic acids is 1. The van der Waals surface area contributed by atoms with Crippen molar-refractivity contribution >= 4 is 5.91 Å². The van der Waals surface area contributed by atoms with E-state index in [1.807, 2.05) is 0 Å². The fourth-order valence-electron chi connectivity index (χ4n) is 5.69. The van der Waals surface area contributed by atoms with Crippen LogP contribution in [0.5, 0.6) is 0 Å². The van der Waals surface area contributed by atoms with E-state index in [1.54, 1.807) is 0 Å². The highest BCUT2D eigenvalue weighted by atomic mass is 16.2. The van der Waals surface area contributed by atoms with Crippen molar-refractivity contribution in [2.45, 2.75) is 57.9 Å². The predicted octanol–water partition coefficient (Wildman–Crippen LogP) is 2.32. The molecule has 4 aliphatic carbocycles. The summed E-state index contributed by atoms with van der Waals surface area (Å²) < 4.78 is 0. The van der Waals surface area contributed by atoms with Gasteiger partial charge in [-0.05, 0) is 81.7 Å². The summed E-state index contributed by atoms with van der Waals surface area (Å²) in [6, 6.07) is 0.502. The van der Waals surface area contributed by atoms with Gasteiger partial charge in [0.25, 0.3) is 0 Å². The van der Waals surface area contributed by atoms with E-state index in [-0.39, 0.29) is 5.41 Å². The Hall–Kier alpha value is -0.570. The lowest BCUT2D eigenvalue weighted by molar-refractivity contribution is -0.135. The number of rotatable bonds is 2. The van der Waals surface area contributed by atoms with E-state index in [0.717, 1.165) is 49.6 Å². The van der Waals surface area contributed by atoms with E-state index < -0.39 is 0 Å². The molecule has 1 aliphatic heterocycles. The zero-order chi connectivity index (χ0) is 13.7. The van der Waals surface area contributed by atoms with Crippen LogP contribution in [-0.2, 0) is 4.79 Å². The van der Waals surface area contributed by atoms with Gasteiger partial charge in [-0.2, -0.15) is 0 Å². The van der Waals surface area contributed by atoms with Crippen LogP contribution in [0.25, 0.3) is 0 Å². The highest BCUT2D eigenvalue weighted by molar-refractivity contribution is 5.82. The summed E-state index contributed by atoms with van der Waals surface area (Å²) in [5.74, 6) is 3.90. The number of amides is 1. The van der Waals surface area contributed by atoms with Crippen molar-refractivity contribution in [1.82, 2.24) is 10.6 Å². The van der Waals surface area contributed by atoms with E-state index in [1.165, 1.54) is 32.1 Å². The molecule has 4 bridgehead atoms. The molecule has 1 saturated heterocycles. The van der Waals surface area contributed by atoms with Crippen molar-refractivity contribution in [1.29, 1.82) is 0 Å². The Labute approximate surface area is 122 Å². The summed E-state index contributed by atoms with van der Waals surface area (Å²) in [4.78, 5) is 12.8. The molecule has 5 aliphatic rings. The summed E-state index contributed by atoms with van der Waals surface area (Å²) in [6.45, 7) is 4.15. The molecule has 4 saturated carbocycles. The van der Waals surface area contributed by atoms with E-state index in [9.17, 15) is 4.79 Å². The van der Waals surface area contributed by atoms with Crippen molar-refractivity contribution in [2.24, 2.45) is 29.1 Å². The Morgan fingerprint density at radius 3 is 2.10 bits per heavy atom. The highest BCUT2D eigenvalue weighted by Crippen LogP contribution is 2.53. The maximum Gasteiger partial charge on any atom is 0.226 e. The maximum absolute atomic E-state index is 12.8. The van der Waals surface area contributed by atoms with Crippen molar-refractivity contribution in [3.05, 3.63) is 0 Å². The summed E-state index contributed by atoms with van der Waals surface area (Å²) in [6.07, 6.45) is 9.01. The first-order valence-electron chi connectivity index (χ1n) is 8.66. The average Bonchev–Trinajstić information content (AvgIpc) is 2.42. The van der Waals surface area contributed by atoms with Crippen LogP contribution in [0, 0.1) is 29.1 Å². The van der Waals surface area contributed by atoms with Gasteiger partial charge in [0.1, 0.15) is 0 Å². The van der Waals surface area contributed by atoms with Gasteiger partial charge >= 0.3 is 0 Å². The lowest BCUT2D eigenvalue weighted by Crippen LogP contribution is -2.58. The molecule has 0 radical (unpaired) electrons. The lowest BCUT2D eigenvalue weighted by atomic mass is 9.54. The first kappa shape index (κ1) is 13.1. The largest absolute Gasteiger partial charge is 0.352 e. The SMILES string of the molecule is CC1(C(=O)NC2C3CC4CC(C3)CC2C4)CCNCC1. The van der Waals surface area contributed by atoms with Crippen molar-refractivity contribution in [3.63, 3.8) is 0 Å². The Balaban J connectivity index is 1.45. The van der Waals surface area contributed by atoms with Gasteiger partial charge in [-0.15, -0.1) is 0 Å². The molecular weight excluding hydrogens is 248 g/mol. The summed E-state index contributed by atoms with van der Waals surface area (Å²) in [5.41, 5.74) is -0.125. The van der Waals surface area contributed by atoms with Crippen LogP contribution in [-0.4, -0.2) is 25.0 Å². The molecule has 1 amide bonds. The Morgan fingerprint density at radius 1 is 1.00 bits per heavy atom. The number of hydrogen-bond donors (Lipinski definition) is 2. The number of hydrogen-bond acceptors (Lipinski definition) is 2. The third kappa shape index (κ3) is 2.09. The molecule has 0 unspecified atom stereocenters. The second-order valence-corrected chi connectivity index (χ2v) is 8.24. The quantitative estimate of drug-likeness (QED) is 0.812. The van der Waals surface area contributed by atoms with Crippen LogP contribution in [0.3, 0.4) is 0 Å². The molecule has 3 heteroatoms. The molecule has 5 rings (SSSR count). The van der Waals surface area contributed by atoms with Crippen LogP contribution < -0.4 is 10.6 Å². The maximum atomic E-state index is 12.8. The molecular formula is C17H28N2O. The minimum atomic E-state index is -0.125. The first-order chi connectivity index (χ1) is 9.64. The molecule has 0 aromatic carbocycles. The van der Waals surface area contributed by atoms with Gasteiger partial charge in [-0.3, -0.25) is 4.79 Å². The van der Waals surface area contributed by atoms with E-state index in [4.69, 9.17) is 0 Å². The van der Waals surface area contributed by atoms with Crippen molar-refractivity contribution in [3.8, 4) is 0 Å². The van der Waals surface area contributed by atoms with Gasteiger partial charge < -0.3 is 10.6 Å². The number of nitrogens with one attached hydrogen (secondary N) is 2. The van der Waals surface area contributed by atoms with Crippen LogP contribution >= 0.6 is 0 Å². The molecule has 5 fully saturated rings. The van der Waals surface area contributed by atoms with Gasteiger partial charge in [0.15, 0.2) is 0 Å². The first-order valence-corrected chi connectivity index (χ1v) is 8.66. The van der Waals surface area contributed by atoms with E-state index in [0.29, 0.717) is 11.9 Å². The number of piperidine rings is 1. The zero-order valence-corrected chi connectivity index (χ0v) is 12.7. The van der Waals surface area contributed by atoms with Crippen LogP contribution in [0.4, 0.5) is 0 Å². The second kappa shape index (κ2) is 4.72. The van der Waals surface area contributed by atoms with Crippen LogP contribution in [0.15, 0.2) is 0 Å². The molecule has 1 heterocycles. The average molecular weight is 276 g/mol. The topological polar surface area (TPSA) is 41.1 Å². The lowest BCUT2D eigenvalue weighted by Gasteiger charge is -2.55. The van der Waals surface area contributed by atoms with Gasteiger partial charge in [-0.1, -0.05) is 6.92 Å². The summed E-state index contributed by atoms with van der Waals surface area (Å²) in [5, 5.41) is 6.88. The van der Waals surface area contributed by atoms with Crippen LogP contribution in [0.1, 0.15) is 51.9 Å². The third-order valence-electron chi connectivity index (χ3n) is 6.78. The molecule has 0 aromatic heterocycles. The molecule has 0 atom stereocenters. The Morgan fingerprint density at radius 2 is 1.55 bits per heavy atom. The molecule has 20 heavy (non-hydrogen) atoms. The Bertz CT molecular complexity index is 372. The zero-order valence-electron chi connectivity index (χ0n) is 12.7. The van der Waals surface area contributed by atoms with Gasteiger partial charge in [0, 0.05) is 11.5 Å². The van der Waals surface area contributed by atoms with Crippen molar-refractivity contribution in [2.75, 3.05) is 13.1 Å². The molecule has 112 valence electrons. The van der Waals surface area contributed by atoms with Gasteiger partial charge in [0.2, 0.25) is 5.91 Å². The van der Waals surface area contributed by atoms with Gasteiger partial charge in [0.05, 0.1) is 0 Å². The molecule has 0 spiro atoms. The fraction of sp³-hybridized carbons (Fsp3) is 0.941. The fourth-order valence-corrected chi connectivity index (χ4v) is 5.69. The number of carbonyl (C=O) groups is 1. The van der Waals surface area contributed by atoms with Crippen molar-refractivity contribution < 1.29 is 4.79 Å². The standard InChI is InChI=1S/C17H28N2O/c1-17(2-4-18-5-3-17)16(20)19-15-13-7-11-6-12(9-13)10-14(15)8-11/h11-15,18H,2-10H2,1H3,(H,19,20). The summed E-state index contributed by atoms with van der Waals surface area (Å²) in [7, 11) is 0. The van der Waals surface area contributed by atoms with E-state index in [2.05, 4.69) is 17.6 Å². The smallest absolute Gasteiger partial charge is 0.226 e. The molecule has 2 N–H and O–H groups in total. The van der Waals surface area contributed by atoms with Gasteiger partial charge in [-0.25, -0.2) is 0 Å². The molecule has 0 aromatic rings. The van der Waals surface area contributed by atoms with E-state index >= 15 is 0 Å². The predicted molar refractivity (Wildman–Crippen MR) is 79.2 cm³/mol. The minimum absolute atomic E-state index is 0.125. The summed E-state index contributed by atoms with van der Waals surface area (Å²) >= 11 is 0. The third-order valence-corrected chi connectivity index (χ3v) is 6.78.